The minimum absolute atomic E-state index is 0.208. The van der Waals surface area contributed by atoms with Crippen LogP contribution in [-0.4, -0.2) is 19.4 Å². The van der Waals surface area contributed by atoms with E-state index in [0.29, 0.717) is 19.8 Å². The summed E-state index contributed by atoms with van der Waals surface area (Å²) in [6, 6.07) is 14.3. The van der Waals surface area contributed by atoms with Gasteiger partial charge in [-0.2, -0.15) is 0 Å². The van der Waals surface area contributed by atoms with Gasteiger partial charge in [0.15, 0.2) is 0 Å². The van der Waals surface area contributed by atoms with Crippen LogP contribution in [0.3, 0.4) is 0 Å². The second-order valence-electron chi connectivity index (χ2n) is 7.98. The van der Waals surface area contributed by atoms with E-state index < -0.39 is 0 Å². The van der Waals surface area contributed by atoms with Crippen LogP contribution in [0, 0.1) is 5.92 Å². The van der Waals surface area contributed by atoms with Crippen LogP contribution in [0.1, 0.15) is 37.8 Å². The van der Waals surface area contributed by atoms with Gasteiger partial charge in [0.2, 0.25) is 0 Å². The first-order valence-corrected chi connectivity index (χ1v) is 11.4. The molecule has 178 valence electrons. The summed E-state index contributed by atoms with van der Waals surface area (Å²) in [6.07, 6.45) is 7.45. The molecule has 2 N–H and O–H groups in total. The number of carbonyl (C=O) groups excluding carboxylic acids is 2. The van der Waals surface area contributed by atoms with E-state index in [1.54, 1.807) is 6.26 Å². The highest BCUT2D eigenvalue weighted by atomic mass is 16.5. The van der Waals surface area contributed by atoms with E-state index in [4.69, 9.17) is 24.4 Å². The lowest BCUT2D eigenvalue weighted by Gasteiger charge is -2.21. The van der Waals surface area contributed by atoms with Crippen LogP contribution in [0.15, 0.2) is 76.6 Å². The van der Waals surface area contributed by atoms with Crippen LogP contribution in [0.2, 0.25) is 0 Å². The molecule has 4 rings (SSSR count). The Balaban J connectivity index is 0.00000158. The molecule has 0 unspecified atom stereocenters. The Kier molecular flexibility index (Phi) is 8.82. The van der Waals surface area contributed by atoms with Crippen molar-refractivity contribution >= 4 is 23.7 Å². The van der Waals surface area contributed by atoms with Gasteiger partial charge >= 0.3 is 5.97 Å². The highest BCUT2D eigenvalue weighted by molar-refractivity contribution is 5.93. The number of hydrogen-bond donors (Lipinski definition) is 1. The van der Waals surface area contributed by atoms with Crippen molar-refractivity contribution in [3.63, 3.8) is 0 Å². The monoisotopic (exact) mass is 461 g/mol. The first kappa shape index (κ1) is 25.0. The van der Waals surface area contributed by atoms with Crippen molar-refractivity contribution in [2.75, 3.05) is 6.61 Å². The molecule has 1 aromatic heterocycles. The van der Waals surface area contributed by atoms with Gasteiger partial charge in [-0.3, -0.25) is 4.79 Å². The van der Waals surface area contributed by atoms with Crippen molar-refractivity contribution in [1.29, 1.82) is 0 Å². The number of nitrogens with two attached hydrogens (primary N) is 1. The number of furan rings is 1. The third-order valence-electron chi connectivity index (χ3n) is 5.81. The Labute approximate surface area is 200 Å². The lowest BCUT2D eigenvalue weighted by atomic mass is 9.92. The highest BCUT2D eigenvalue weighted by Gasteiger charge is 2.24. The van der Waals surface area contributed by atoms with Crippen molar-refractivity contribution in [3.8, 4) is 11.1 Å². The van der Waals surface area contributed by atoms with Gasteiger partial charge in [-0.15, -0.1) is 0 Å². The summed E-state index contributed by atoms with van der Waals surface area (Å²) in [7, 11) is 0. The standard InChI is InChI=1S/C27H29NO4.CH2O/c1-3-30-27(29)18(2)23-9-4-5-10-25(23)32-17-20-14-22-11-12-31-26(22)24(15-20)21-8-6-7-19(13-21)16-28;1-2/h5-8,10-15,18H,3-4,9,16-17,28H2,1-2H3;1H2/t18-;/m0./s1. The second kappa shape index (κ2) is 12.0. The van der Waals surface area contributed by atoms with Crippen LogP contribution >= 0.6 is 0 Å². The maximum absolute atomic E-state index is 12.3. The van der Waals surface area contributed by atoms with Gasteiger partial charge in [-0.1, -0.05) is 24.3 Å². The Morgan fingerprint density at radius 1 is 1.18 bits per heavy atom. The molecule has 2 aromatic carbocycles. The number of carbonyl (C=O) groups is 2. The van der Waals surface area contributed by atoms with Crippen molar-refractivity contribution in [2.45, 2.75) is 39.8 Å². The molecule has 0 aliphatic heterocycles. The SMILES string of the molecule is C=O.CCOC(=O)[C@@H](C)C1=C(OCc2cc(-c3cccc(CN)c3)c3occc3c2)C=CCC1. The summed E-state index contributed by atoms with van der Waals surface area (Å²) < 4.78 is 17.2. The number of ether oxygens (including phenoxy) is 2. The molecule has 0 bridgehead atoms. The van der Waals surface area contributed by atoms with Crippen LogP contribution < -0.4 is 5.73 Å². The molecular formula is C28H31NO5. The molecule has 1 atom stereocenters. The molecule has 0 saturated heterocycles. The minimum atomic E-state index is -0.319. The first-order chi connectivity index (χ1) is 16.6. The zero-order chi connectivity index (χ0) is 24.5. The summed E-state index contributed by atoms with van der Waals surface area (Å²) >= 11 is 0. The van der Waals surface area contributed by atoms with Crippen molar-refractivity contribution < 1.29 is 23.5 Å². The Hall–Kier alpha value is -3.64. The van der Waals surface area contributed by atoms with Crippen molar-refractivity contribution in [2.24, 2.45) is 11.7 Å². The molecule has 1 heterocycles. The zero-order valence-electron chi connectivity index (χ0n) is 19.7. The maximum atomic E-state index is 12.3. The van der Waals surface area contributed by atoms with Gasteiger partial charge in [-0.25, -0.2) is 0 Å². The summed E-state index contributed by atoms with van der Waals surface area (Å²) in [5.74, 6) is 0.234. The fourth-order valence-corrected chi connectivity index (χ4v) is 4.11. The molecule has 0 spiro atoms. The first-order valence-electron chi connectivity index (χ1n) is 11.4. The fraction of sp³-hybridized carbons (Fsp3) is 0.286. The molecule has 0 saturated carbocycles. The van der Waals surface area contributed by atoms with Gasteiger partial charge in [-0.05, 0) is 79.3 Å². The Bertz CT molecular complexity index is 1190. The number of benzene rings is 2. The van der Waals surface area contributed by atoms with E-state index in [-0.39, 0.29) is 11.9 Å². The lowest BCUT2D eigenvalue weighted by molar-refractivity contribution is -0.146. The summed E-state index contributed by atoms with van der Waals surface area (Å²) in [5.41, 5.74) is 11.8. The smallest absolute Gasteiger partial charge is 0.312 e. The predicted molar refractivity (Wildman–Crippen MR) is 133 cm³/mol. The van der Waals surface area contributed by atoms with E-state index in [1.165, 1.54) is 0 Å². The van der Waals surface area contributed by atoms with Crippen LogP contribution in [0.5, 0.6) is 0 Å². The van der Waals surface area contributed by atoms with Crippen LogP contribution in [0.4, 0.5) is 0 Å². The summed E-state index contributed by atoms with van der Waals surface area (Å²) in [6.45, 7) is 6.96. The average molecular weight is 462 g/mol. The van der Waals surface area contributed by atoms with Gasteiger partial charge in [0, 0.05) is 17.5 Å². The molecule has 34 heavy (non-hydrogen) atoms. The van der Waals surface area contributed by atoms with Crippen LogP contribution in [0.25, 0.3) is 22.1 Å². The number of hydrogen-bond acceptors (Lipinski definition) is 6. The van der Waals surface area contributed by atoms with E-state index >= 15 is 0 Å². The second-order valence-corrected chi connectivity index (χ2v) is 7.98. The number of fused-ring (bicyclic) bond motifs is 1. The number of esters is 1. The average Bonchev–Trinajstić information content (AvgIpc) is 3.37. The molecule has 6 heteroatoms. The molecule has 6 nitrogen and oxygen atoms in total. The number of rotatable bonds is 8. The summed E-state index contributed by atoms with van der Waals surface area (Å²) in [4.78, 5) is 20.3. The topological polar surface area (TPSA) is 91.8 Å². The summed E-state index contributed by atoms with van der Waals surface area (Å²) in [5, 5.41) is 1.02. The molecule has 1 aliphatic rings. The molecule has 0 fully saturated rings. The van der Waals surface area contributed by atoms with E-state index in [9.17, 15) is 4.79 Å². The zero-order valence-corrected chi connectivity index (χ0v) is 19.7. The fourth-order valence-electron chi connectivity index (χ4n) is 4.11. The largest absolute Gasteiger partial charge is 0.489 e. The van der Waals surface area contributed by atoms with Crippen molar-refractivity contribution in [1.82, 2.24) is 0 Å². The minimum Gasteiger partial charge on any atom is -0.489 e. The molecule has 3 aromatic rings. The van der Waals surface area contributed by atoms with Gasteiger partial charge in [0.25, 0.3) is 0 Å². The highest BCUT2D eigenvalue weighted by Crippen LogP contribution is 2.33. The van der Waals surface area contributed by atoms with Crippen molar-refractivity contribution in [3.05, 3.63) is 83.3 Å². The number of allylic oxidation sites excluding steroid dienone is 2. The quantitative estimate of drug-likeness (QED) is 0.433. The third kappa shape index (κ3) is 5.64. The lowest BCUT2D eigenvalue weighted by Crippen LogP contribution is -2.19. The van der Waals surface area contributed by atoms with Gasteiger partial charge < -0.3 is 24.4 Å². The predicted octanol–water partition coefficient (Wildman–Crippen LogP) is 5.69. The Morgan fingerprint density at radius 2 is 2.00 bits per heavy atom. The third-order valence-corrected chi connectivity index (χ3v) is 5.81. The van der Waals surface area contributed by atoms with Gasteiger partial charge in [0.1, 0.15) is 24.7 Å². The molecule has 0 amide bonds. The maximum Gasteiger partial charge on any atom is 0.312 e. The molecule has 0 radical (unpaired) electrons. The normalized spacial score (nSPS) is 13.9. The van der Waals surface area contributed by atoms with E-state index in [1.807, 2.05) is 44.9 Å². The van der Waals surface area contributed by atoms with E-state index in [0.717, 1.165) is 57.4 Å². The van der Waals surface area contributed by atoms with Crippen LogP contribution in [-0.2, 0) is 32.2 Å². The van der Waals surface area contributed by atoms with Gasteiger partial charge in [0.05, 0.1) is 18.8 Å². The van der Waals surface area contributed by atoms with E-state index in [2.05, 4.69) is 30.3 Å². The molecular weight excluding hydrogens is 430 g/mol. The Morgan fingerprint density at radius 3 is 2.76 bits per heavy atom. The molecule has 1 aliphatic carbocycles.